The molecule has 0 fully saturated rings. The van der Waals surface area contributed by atoms with Gasteiger partial charge >= 0.3 is 0 Å². The highest BCUT2D eigenvalue weighted by Crippen LogP contribution is 2.29. The van der Waals surface area contributed by atoms with Crippen molar-refractivity contribution in [2.24, 2.45) is 0 Å². The Hall–Kier alpha value is -2.55. The summed E-state index contributed by atoms with van der Waals surface area (Å²) in [6, 6.07) is 15.6. The Kier molecular flexibility index (Phi) is 6.00. The monoisotopic (exact) mass is 368 g/mol. The Labute approximate surface area is 158 Å². The molecule has 0 unspecified atom stereocenters. The Morgan fingerprint density at radius 2 is 1.30 bits per heavy atom. The van der Waals surface area contributed by atoms with E-state index < -0.39 is 11.6 Å². The zero-order chi connectivity index (χ0) is 19.4. The largest absolute Gasteiger partial charge is 0.207 e. The van der Waals surface area contributed by atoms with Crippen LogP contribution in [0.4, 0.5) is 13.2 Å². The number of rotatable bonds is 6. The molecular weight excluding hydrogens is 345 g/mol. The van der Waals surface area contributed by atoms with Crippen LogP contribution in [0.25, 0.3) is 22.3 Å². The van der Waals surface area contributed by atoms with E-state index in [0.717, 1.165) is 36.0 Å². The zero-order valence-corrected chi connectivity index (χ0v) is 15.7. The van der Waals surface area contributed by atoms with Crippen LogP contribution in [0, 0.1) is 17.5 Å². The van der Waals surface area contributed by atoms with E-state index in [0.29, 0.717) is 17.5 Å². The Bertz CT molecular complexity index is 927. The van der Waals surface area contributed by atoms with Crippen LogP contribution in [-0.2, 0) is 12.8 Å². The van der Waals surface area contributed by atoms with Gasteiger partial charge in [0.2, 0.25) is 0 Å². The molecule has 0 aromatic heterocycles. The second-order valence-electron chi connectivity index (χ2n) is 6.74. The molecule has 0 radical (unpaired) electrons. The van der Waals surface area contributed by atoms with Crippen molar-refractivity contribution in [2.45, 2.75) is 39.5 Å². The van der Waals surface area contributed by atoms with Crippen molar-refractivity contribution in [1.29, 1.82) is 0 Å². The molecule has 0 aliphatic carbocycles. The summed E-state index contributed by atoms with van der Waals surface area (Å²) in [5, 5.41) is 0. The molecule has 3 aromatic carbocycles. The van der Waals surface area contributed by atoms with E-state index in [4.69, 9.17) is 0 Å². The predicted molar refractivity (Wildman–Crippen MR) is 105 cm³/mol. The number of hydrogen-bond donors (Lipinski definition) is 0. The molecule has 0 saturated carbocycles. The van der Waals surface area contributed by atoms with Crippen LogP contribution in [0.3, 0.4) is 0 Å². The van der Waals surface area contributed by atoms with Gasteiger partial charge in [0, 0.05) is 5.56 Å². The SMILES string of the molecule is CCCCc1ccc(-c2ccc(-c3ccc(CC)c(F)c3F)cc2)cc1F. The molecule has 0 atom stereocenters. The Balaban J connectivity index is 1.88. The van der Waals surface area contributed by atoms with Gasteiger partial charge in [-0.3, -0.25) is 0 Å². The zero-order valence-electron chi connectivity index (χ0n) is 15.7. The van der Waals surface area contributed by atoms with Gasteiger partial charge in [0.05, 0.1) is 0 Å². The van der Waals surface area contributed by atoms with Crippen LogP contribution in [0.15, 0.2) is 54.6 Å². The van der Waals surface area contributed by atoms with Crippen molar-refractivity contribution in [3.8, 4) is 22.3 Å². The summed E-state index contributed by atoms with van der Waals surface area (Å²) < 4.78 is 42.7. The van der Waals surface area contributed by atoms with Gasteiger partial charge in [-0.2, -0.15) is 0 Å². The van der Waals surface area contributed by atoms with Gasteiger partial charge in [0.25, 0.3) is 0 Å². The number of benzene rings is 3. The van der Waals surface area contributed by atoms with Crippen LogP contribution >= 0.6 is 0 Å². The lowest BCUT2D eigenvalue weighted by Crippen LogP contribution is -1.96. The first kappa shape index (κ1) is 19.2. The minimum absolute atomic E-state index is 0.201. The van der Waals surface area contributed by atoms with E-state index in [1.165, 1.54) is 6.07 Å². The first-order chi connectivity index (χ1) is 13.0. The first-order valence-electron chi connectivity index (χ1n) is 9.41. The quantitative estimate of drug-likeness (QED) is 0.427. The molecule has 0 amide bonds. The van der Waals surface area contributed by atoms with E-state index in [1.54, 1.807) is 43.3 Å². The van der Waals surface area contributed by atoms with Crippen molar-refractivity contribution >= 4 is 0 Å². The van der Waals surface area contributed by atoms with Crippen molar-refractivity contribution in [3.63, 3.8) is 0 Å². The maximum Gasteiger partial charge on any atom is 0.166 e. The fraction of sp³-hybridized carbons (Fsp3) is 0.250. The van der Waals surface area contributed by atoms with E-state index in [-0.39, 0.29) is 11.4 Å². The molecule has 140 valence electrons. The fourth-order valence-corrected chi connectivity index (χ4v) is 3.22. The number of hydrogen-bond acceptors (Lipinski definition) is 0. The summed E-state index contributed by atoms with van der Waals surface area (Å²) in [4.78, 5) is 0. The van der Waals surface area contributed by atoms with Gasteiger partial charge in [-0.15, -0.1) is 0 Å². The highest BCUT2D eigenvalue weighted by atomic mass is 19.2. The standard InChI is InChI=1S/C24H23F3/c1-3-5-6-19-11-12-20(15-22(19)25)17-7-9-18(10-8-17)21-14-13-16(4-2)23(26)24(21)27/h7-15H,3-6H2,1-2H3. The van der Waals surface area contributed by atoms with Crippen LogP contribution < -0.4 is 0 Å². The molecule has 3 aromatic rings. The third-order valence-corrected chi connectivity index (χ3v) is 4.93. The predicted octanol–water partition coefficient (Wildman–Crippen LogP) is 7.34. The molecule has 0 nitrogen and oxygen atoms in total. The third kappa shape index (κ3) is 4.08. The topological polar surface area (TPSA) is 0 Å². The normalized spacial score (nSPS) is 11.0. The molecule has 0 heterocycles. The van der Waals surface area contributed by atoms with Crippen molar-refractivity contribution in [1.82, 2.24) is 0 Å². The maximum absolute atomic E-state index is 14.3. The molecule has 0 spiro atoms. The lowest BCUT2D eigenvalue weighted by atomic mass is 9.97. The van der Waals surface area contributed by atoms with E-state index in [1.807, 2.05) is 12.1 Å². The first-order valence-corrected chi connectivity index (χ1v) is 9.41. The van der Waals surface area contributed by atoms with Crippen molar-refractivity contribution < 1.29 is 13.2 Å². The molecule has 0 aliphatic heterocycles. The number of halogens is 3. The summed E-state index contributed by atoms with van der Waals surface area (Å²) >= 11 is 0. The minimum Gasteiger partial charge on any atom is -0.207 e. The molecule has 0 aliphatic rings. The molecule has 27 heavy (non-hydrogen) atoms. The molecular formula is C24H23F3. The molecule has 3 heteroatoms. The lowest BCUT2D eigenvalue weighted by Gasteiger charge is -2.10. The van der Waals surface area contributed by atoms with Gasteiger partial charge in [-0.25, -0.2) is 13.2 Å². The van der Waals surface area contributed by atoms with Gasteiger partial charge in [-0.1, -0.05) is 68.8 Å². The Morgan fingerprint density at radius 1 is 0.667 bits per heavy atom. The molecule has 0 N–H and O–H groups in total. The third-order valence-electron chi connectivity index (χ3n) is 4.93. The van der Waals surface area contributed by atoms with Gasteiger partial charge in [0.1, 0.15) is 5.82 Å². The van der Waals surface area contributed by atoms with Crippen molar-refractivity contribution in [3.05, 3.63) is 83.2 Å². The lowest BCUT2D eigenvalue weighted by molar-refractivity contribution is 0.502. The minimum atomic E-state index is -0.826. The summed E-state index contributed by atoms with van der Waals surface area (Å²) in [7, 11) is 0. The average Bonchev–Trinajstić information content (AvgIpc) is 2.69. The summed E-state index contributed by atoms with van der Waals surface area (Å²) in [5.41, 5.74) is 3.53. The Morgan fingerprint density at radius 3 is 1.93 bits per heavy atom. The average molecular weight is 368 g/mol. The van der Waals surface area contributed by atoms with E-state index in [9.17, 15) is 13.2 Å². The summed E-state index contributed by atoms with van der Waals surface area (Å²) in [6.45, 7) is 3.87. The van der Waals surface area contributed by atoms with Crippen LogP contribution in [-0.4, -0.2) is 0 Å². The molecule has 0 bridgehead atoms. The second-order valence-corrected chi connectivity index (χ2v) is 6.74. The van der Waals surface area contributed by atoms with E-state index >= 15 is 0 Å². The van der Waals surface area contributed by atoms with E-state index in [2.05, 4.69) is 6.92 Å². The molecule has 0 saturated heterocycles. The number of aryl methyl sites for hydroxylation is 2. The van der Waals surface area contributed by atoms with Crippen LogP contribution in [0.2, 0.25) is 0 Å². The van der Waals surface area contributed by atoms with Crippen LogP contribution in [0.1, 0.15) is 37.8 Å². The summed E-state index contributed by atoms with van der Waals surface area (Å²) in [6.07, 6.45) is 3.17. The van der Waals surface area contributed by atoms with Gasteiger partial charge < -0.3 is 0 Å². The fourth-order valence-electron chi connectivity index (χ4n) is 3.22. The highest BCUT2D eigenvalue weighted by molar-refractivity contribution is 5.71. The summed E-state index contributed by atoms with van der Waals surface area (Å²) in [5.74, 6) is -1.81. The highest BCUT2D eigenvalue weighted by Gasteiger charge is 2.14. The number of unbranched alkanes of at least 4 members (excludes halogenated alkanes) is 1. The smallest absolute Gasteiger partial charge is 0.166 e. The van der Waals surface area contributed by atoms with Gasteiger partial charge in [-0.05, 0) is 53.1 Å². The second kappa shape index (κ2) is 8.43. The van der Waals surface area contributed by atoms with Crippen molar-refractivity contribution in [2.75, 3.05) is 0 Å². The van der Waals surface area contributed by atoms with Crippen LogP contribution in [0.5, 0.6) is 0 Å². The maximum atomic E-state index is 14.3. The molecule has 3 rings (SSSR count). The van der Waals surface area contributed by atoms with Gasteiger partial charge in [0.15, 0.2) is 11.6 Å².